The Bertz CT molecular complexity index is 1070. The predicted octanol–water partition coefficient (Wildman–Crippen LogP) is 2.85. The van der Waals surface area contributed by atoms with Crippen LogP contribution in [-0.4, -0.2) is 34.9 Å². The predicted molar refractivity (Wildman–Crippen MR) is 88.9 cm³/mol. The highest BCUT2D eigenvalue weighted by Gasteiger charge is 2.24. The molecule has 27 heavy (non-hydrogen) atoms. The van der Waals surface area contributed by atoms with Gasteiger partial charge in [-0.05, 0) is 32.0 Å². The number of benzene rings is 1. The molecular weight excluding hydrogens is 356 g/mol. The van der Waals surface area contributed by atoms with Gasteiger partial charge in [-0.1, -0.05) is 5.16 Å². The monoisotopic (exact) mass is 369 g/mol. The summed E-state index contributed by atoms with van der Waals surface area (Å²) in [7, 11) is 0. The van der Waals surface area contributed by atoms with Gasteiger partial charge in [-0.15, -0.1) is 5.10 Å². The minimum absolute atomic E-state index is 0.00833. The van der Waals surface area contributed by atoms with Gasteiger partial charge < -0.3 is 4.52 Å². The molecule has 3 aromatic heterocycles. The molecule has 0 aliphatic rings. The fourth-order valence-corrected chi connectivity index (χ4v) is 2.58. The molecule has 0 spiro atoms. The summed E-state index contributed by atoms with van der Waals surface area (Å²) in [5, 5.41) is 8.23. The lowest BCUT2D eigenvalue weighted by Gasteiger charge is -2.07. The van der Waals surface area contributed by atoms with Gasteiger partial charge in [0.25, 0.3) is 11.8 Å². The van der Waals surface area contributed by atoms with E-state index in [1.165, 1.54) is 4.68 Å². The van der Waals surface area contributed by atoms with Crippen molar-refractivity contribution in [3.05, 3.63) is 65.8 Å². The van der Waals surface area contributed by atoms with Crippen LogP contribution in [0.3, 0.4) is 0 Å². The van der Waals surface area contributed by atoms with Crippen molar-refractivity contribution in [3.63, 3.8) is 0 Å². The Balaban J connectivity index is 1.71. The third-order valence-electron chi connectivity index (χ3n) is 3.81. The van der Waals surface area contributed by atoms with E-state index in [0.717, 1.165) is 18.2 Å². The van der Waals surface area contributed by atoms with Gasteiger partial charge in [-0.3, -0.25) is 0 Å². The van der Waals surface area contributed by atoms with Crippen LogP contribution in [0.5, 0.6) is 0 Å². The number of hydrogen-bond acceptors (Lipinski definition) is 7. The van der Waals surface area contributed by atoms with E-state index < -0.39 is 17.6 Å². The average Bonchev–Trinajstić information content (AvgIpc) is 3.28. The van der Waals surface area contributed by atoms with E-state index >= 15 is 0 Å². The van der Waals surface area contributed by atoms with Crippen LogP contribution < -0.4 is 0 Å². The first kappa shape index (κ1) is 16.9. The van der Waals surface area contributed by atoms with Crippen molar-refractivity contribution in [2.75, 3.05) is 0 Å². The van der Waals surface area contributed by atoms with Crippen LogP contribution in [0.1, 0.15) is 30.3 Å². The molecule has 3 heterocycles. The molecule has 4 aromatic rings. The van der Waals surface area contributed by atoms with E-state index in [0.29, 0.717) is 23.4 Å². The van der Waals surface area contributed by atoms with Gasteiger partial charge in [0.2, 0.25) is 0 Å². The SMILES string of the molecule is Cc1nc(C(C)c2noc(-c3cc(F)cc(F)c3)n2)n(-c2ncccn2)n1. The third-order valence-corrected chi connectivity index (χ3v) is 3.81. The second kappa shape index (κ2) is 6.63. The lowest BCUT2D eigenvalue weighted by Crippen LogP contribution is -2.11. The summed E-state index contributed by atoms with van der Waals surface area (Å²) in [4.78, 5) is 17.0. The minimum Gasteiger partial charge on any atom is -0.334 e. The Kier molecular flexibility index (Phi) is 4.15. The van der Waals surface area contributed by atoms with Crippen molar-refractivity contribution in [2.45, 2.75) is 19.8 Å². The summed E-state index contributed by atoms with van der Waals surface area (Å²) in [5.74, 6) is -0.185. The zero-order valence-corrected chi connectivity index (χ0v) is 14.3. The van der Waals surface area contributed by atoms with Crippen molar-refractivity contribution < 1.29 is 13.3 Å². The number of nitrogens with zero attached hydrogens (tertiary/aromatic N) is 7. The summed E-state index contributed by atoms with van der Waals surface area (Å²) in [5.41, 5.74) is 0.155. The van der Waals surface area contributed by atoms with Gasteiger partial charge in [0, 0.05) is 24.0 Å². The van der Waals surface area contributed by atoms with E-state index in [4.69, 9.17) is 4.52 Å². The summed E-state index contributed by atoms with van der Waals surface area (Å²) in [6.07, 6.45) is 3.19. The molecule has 136 valence electrons. The van der Waals surface area contributed by atoms with Crippen molar-refractivity contribution in [1.82, 2.24) is 34.9 Å². The molecule has 0 bridgehead atoms. The Labute approximate surface area is 151 Å². The van der Waals surface area contributed by atoms with E-state index in [2.05, 4.69) is 30.2 Å². The topological polar surface area (TPSA) is 95.4 Å². The smallest absolute Gasteiger partial charge is 0.258 e. The fourth-order valence-electron chi connectivity index (χ4n) is 2.58. The van der Waals surface area contributed by atoms with E-state index in [1.807, 2.05) is 6.92 Å². The van der Waals surface area contributed by atoms with Gasteiger partial charge >= 0.3 is 0 Å². The highest BCUT2D eigenvalue weighted by Crippen LogP contribution is 2.25. The largest absolute Gasteiger partial charge is 0.334 e. The molecule has 0 N–H and O–H groups in total. The number of aryl methyl sites for hydroxylation is 1. The minimum atomic E-state index is -0.727. The molecule has 1 unspecified atom stereocenters. The molecule has 8 nitrogen and oxygen atoms in total. The maximum Gasteiger partial charge on any atom is 0.258 e. The van der Waals surface area contributed by atoms with Gasteiger partial charge in [-0.2, -0.15) is 9.67 Å². The van der Waals surface area contributed by atoms with Crippen LogP contribution in [0, 0.1) is 18.6 Å². The van der Waals surface area contributed by atoms with Crippen molar-refractivity contribution >= 4 is 0 Å². The maximum absolute atomic E-state index is 13.4. The summed E-state index contributed by atoms with van der Waals surface area (Å²) < 4.78 is 33.5. The van der Waals surface area contributed by atoms with E-state index in [9.17, 15) is 8.78 Å². The molecule has 0 fully saturated rings. The molecule has 0 saturated heterocycles. The number of halogens is 2. The van der Waals surface area contributed by atoms with Crippen LogP contribution in [0.25, 0.3) is 17.4 Å². The van der Waals surface area contributed by atoms with Crippen molar-refractivity contribution in [3.8, 4) is 17.4 Å². The standard InChI is InChI=1S/C17H13F2N7O/c1-9(15-22-10(2)24-26(15)17-20-4-3-5-21-17)14-23-16(27-25-14)11-6-12(18)8-13(19)7-11/h3-9H,1-2H3. The summed E-state index contributed by atoms with van der Waals surface area (Å²) >= 11 is 0. The normalized spacial score (nSPS) is 12.3. The molecule has 1 aromatic carbocycles. The van der Waals surface area contributed by atoms with Crippen LogP contribution in [0.2, 0.25) is 0 Å². The average molecular weight is 369 g/mol. The number of aromatic nitrogens is 7. The zero-order valence-electron chi connectivity index (χ0n) is 14.3. The van der Waals surface area contributed by atoms with Crippen molar-refractivity contribution in [1.29, 1.82) is 0 Å². The molecule has 0 saturated carbocycles. The number of hydrogen-bond donors (Lipinski definition) is 0. The number of rotatable bonds is 4. The summed E-state index contributed by atoms with van der Waals surface area (Å²) in [6, 6.07) is 4.71. The van der Waals surface area contributed by atoms with Crippen LogP contribution in [-0.2, 0) is 0 Å². The first-order chi connectivity index (χ1) is 13.0. The first-order valence-electron chi connectivity index (χ1n) is 8.02. The second-order valence-corrected chi connectivity index (χ2v) is 5.82. The second-order valence-electron chi connectivity index (χ2n) is 5.82. The van der Waals surface area contributed by atoms with Gasteiger partial charge in [-0.25, -0.2) is 23.7 Å². The summed E-state index contributed by atoms with van der Waals surface area (Å²) in [6.45, 7) is 3.55. The molecular formula is C17H13F2N7O. The van der Waals surface area contributed by atoms with Crippen LogP contribution in [0.4, 0.5) is 8.78 Å². The highest BCUT2D eigenvalue weighted by molar-refractivity contribution is 5.53. The molecule has 4 rings (SSSR count). The van der Waals surface area contributed by atoms with Crippen molar-refractivity contribution in [2.24, 2.45) is 0 Å². The Morgan fingerprint density at radius 1 is 1.04 bits per heavy atom. The lowest BCUT2D eigenvalue weighted by molar-refractivity contribution is 0.418. The zero-order chi connectivity index (χ0) is 19.0. The first-order valence-corrected chi connectivity index (χ1v) is 8.02. The lowest BCUT2D eigenvalue weighted by atomic mass is 10.1. The quantitative estimate of drug-likeness (QED) is 0.546. The fraction of sp³-hybridized carbons (Fsp3) is 0.176. The molecule has 0 amide bonds. The highest BCUT2D eigenvalue weighted by atomic mass is 19.1. The molecule has 1 atom stereocenters. The van der Waals surface area contributed by atoms with Gasteiger partial charge in [0.1, 0.15) is 23.3 Å². The van der Waals surface area contributed by atoms with Gasteiger partial charge in [0.15, 0.2) is 5.82 Å². The Hall–Kier alpha value is -3.56. The molecule has 0 radical (unpaired) electrons. The van der Waals surface area contributed by atoms with E-state index in [1.54, 1.807) is 25.4 Å². The third kappa shape index (κ3) is 3.28. The molecule has 10 heteroatoms. The van der Waals surface area contributed by atoms with Crippen LogP contribution in [0.15, 0.2) is 41.2 Å². The molecule has 0 aliphatic carbocycles. The van der Waals surface area contributed by atoms with Crippen LogP contribution >= 0.6 is 0 Å². The molecule has 0 aliphatic heterocycles. The Morgan fingerprint density at radius 3 is 2.44 bits per heavy atom. The maximum atomic E-state index is 13.4. The van der Waals surface area contributed by atoms with E-state index in [-0.39, 0.29) is 11.5 Å². The van der Waals surface area contributed by atoms with Gasteiger partial charge in [0.05, 0.1) is 5.92 Å². The Morgan fingerprint density at radius 2 is 1.74 bits per heavy atom.